The van der Waals surface area contributed by atoms with E-state index in [1.165, 1.54) is 13.3 Å². The molecule has 1 atom stereocenters. The number of fused-ring (bicyclic) bond motifs is 1. The summed E-state index contributed by atoms with van der Waals surface area (Å²) in [6.07, 6.45) is 5.10. The highest BCUT2D eigenvalue weighted by molar-refractivity contribution is 6.30. The number of carbonyl (C=O) groups is 2. The Labute approximate surface area is 228 Å². The molecule has 208 valence electrons. The number of imidazole rings is 1. The number of nitrogens with one attached hydrogen (secondary N) is 2. The fraction of sp³-hybridized carbons (Fsp3) is 0.480. The Bertz CT molecular complexity index is 1370. The Hall–Kier alpha value is -3.74. The van der Waals surface area contributed by atoms with Gasteiger partial charge in [-0.1, -0.05) is 11.6 Å². The molecule has 0 radical (unpaired) electrons. The van der Waals surface area contributed by atoms with E-state index >= 15 is 0 Å². The number of carbonyl (C=O) groups excluding carboxylic acids is 2. The zero-order valence-corrected chi connectivity index (χ0v) is 22.0. The number of halogens is 3. The van der Waals surface area contributed by atoms with Crippen LogP contribution in [0.3, 0.4) is 0 Å². The molecule has 1 unspecified atom stereocenters. The van der Waals surface area contributed by atoms with E-state index in [0.717, 1.165) is 25.0 Å². The molecule has 2 fully saturated rings. The van der Waals surface area contributed by atoms with Gasteiger partial charge in [0.1, 0.15) is 11.2 Å². The number of anilines is 3. The van der Waals surface area contributed by atoms with Gasteiger partial charge in [0, 0.05) is 36.1 Å². The Morgan fingerprint density at radius 3 is 2.51 bits per heavy atom. The Morgan fingerprint density at radius 2 is 1.85 bits per heavy atom. The summed E-state index contributed by atoms with van der Waals surface area (Å²) in [4.78, 5) is 39.0. The van der Waals surface area contributed by atoms with Gasteiger partial charge in [0.05, 0.1) is 13.3 Å². The monoisotopic (exact) mass is 562 g/mol. The molecule has 39 heavy (non-hydrogen) atoms. The van der Waals surface area contributed by atoms with Gasteiger partial charge < -0.3 is 26.0 Å². The number of likely N-dealkylation sites (tertiary alicyclic amines) is 1. The molecule has 11 nitrogen and oxygen atoms in total. The molecule has 1 aromatic carbocycles. The summed E-state index contributed by atoms with van der Waals surface area (Å²) in [5.74, 6) is -1.77. The number of hydrogen-bond donors (Lipinski definition) is 3. The number of nitrogens with two attached hydrogens (primary N) is 1. The number of nitrogens with zero attached hydrogens (tertiary/aromatic N) is 5. The van der Waals surface area contributed by atoms with E-state index in [1.54, 1.807) is 9.47 Å². The van der Waals surface area contributed by atoms with Crippen molar-refractivity contribution in [3.63, 3.8) is 0 Å². The Morgan fingerprint density at radius 1 is 1.13 bits per heavy atom. The third-order valence-electron chi connectivity index (χ3n) is 7.33. The number of rotatable bonds is 6. The maximum atomic E-state index is 14.7. The van der Waals surface area contributed by atoms with Crippen LogP contribution in [0.25, 0.3) is 11.2 Å². The second-order valence-electron chi connectivity index (χ2n) is 9.88. The lowest BCUT2D eigenvalue weighted by Crippen LogP contribution is -2.45. The fourth-order valence-corrected chi connectivity index (χ4v) is 5.55. The first kappa shape index (κ1) is 26.9. The average Bonchev–Trinajstić information content (AvgIpc) is 3.27. The van der Waals surface area contributed by atoms with Crippen molar-refractivity contribution in [1.82, 2.24) is 24.4 Å². The molecule has 4 N–H and O–H groups in total. The molecule has 0 spiro atoms. The molecule has 2 aromatic heterocycles. The summed E-state index contributed by atoms with van der Waals surface area (Å²) in [7, 11) is 1.35. The van der Waals surface area contributed by atoms with Gasteiger partial charge in [0.15, 0.2) is 17.3 Å². The maximum Gasteiger partial charge on any atom is 0.409 e. The first-order valence-electron chi connectivity index (χ1n) is 12.8. The van der Waals surface area contributed by atoms with Crippen LogP contribution in [0.4, 0.5) is 31.2 Å². The lowest BCUT2D eigenvalue weighted by Gasteiger charge is -2.32. The molecule has 3 aromatic rings. The molecule has 1 saturated heterocycles. The van der Waals surface area contributed by atoms with E-state index < -0.39 is 17.3 Å². The van der Waals surface area contributed by atoms with Crippen LogP contribution in [0.5, 0.6) is 0 Å². The highest BCUT2D eigenvalue weighted by Crippen LogP contribution is 2.37. The van der Waals surface area contributed by atoms with E-state index in [0.29, 0.717) is 55.9 Å². The molecule has 2 aliphatic rings. The lowest BCUT2D eigenvalue weighted by molar-refractivity contribution is -0.122. The molecule has 3 heterocycles. The zero-order chi connectivity index (χ0) is 27.7. The number of ether oxygens (including phenoxy) is 1. The van der Waals surface area contributed by atoms with Crippen LogP contribution in [0.15, 0.2) is 18.3 Å². The number of primary amides is 1. The normalized spacial score (nSPS) is 21.5. The summed E-state index contributed by atoms with van der Waals surface area (Å²) in [6, 6.07) is 1.79. The van der Waals surface area contributed by atoms with E-state index in [9.17, 15) is 18.4 Å². The van der Waals surface area contributed by atoms with Gasteiger partial charge in [0.25, 0.3) is 0 Å². The summed E-state index contributed by atoms with van der Waals surface area (Å²) in [6.45, 7) is 1.05. The molecule has 1 aliphatic heterocycles. The second kappa shape index (κ2) is 11.2. The quantitative estimate of drug-likeness (QED) is 0.402. The van der Waals surface area contributed by atoms with E-state index in [1.807, 2.05) is 0 Å². The molecular formula is C25H29ClF2N8O3. The zero-order valence-electron chi connectivity index (χ0n) is 21.3. The first-order chi connectivity index (χ1) is 18.7. The highest BCUT2D eigenvalue weighted by atomic mass is 35.5. The van der Waals surface area contributed by atoms with Crippen LogP contribution in [-0.2, 0) is 9.53 Å². The van der Waals surface area contributed by atoms with E-state index in [-0.39, 0.29) is 41.0 Å². The minimum atomic E-state index is -0.864. The van der Waals surface area contributed by atoms with Gasteiger partial charge in [-0.3, -0.25) is 9.36 Å². The van der Waals surface area contributed by atoms with Crippen molar-refractivity contribution in [3.05, 3.63) is 35.0 Å². The third-order valence-corrected chi connectivity index (χ3v) is 7.55. The standard InChI is InChI=1S/C25H29ClF2N8O3/c1-39-25(38)35-8-2-3-15(12-35)31-23-30-11-19-22(34-23)36(16-6-4-13(5-7-16)21(29)37)24(32-19)33-20-17(27)9-14(26)10-18(20)28/h9-11,13,15-16H,2-8,12H2,1H3,(H2,29,37)(H,32,33)(H,30,31,34). The molecule has 1 aliphatic carbocycles. The SMILES string of the molecule is COC(=O)N1CCCC(Nc2ncc3nc(Nc4c(F)cc(Cl)cc4F)n(C4CCC(C(N)=O)CC4)c3n2)C1. The van der Waals surface area contributed by atoms with Crippen molar-refractivity contribution in [2.75, 3.05) is 30.8 Å². The van der Waals surface area contributed by atoms with Crippen molar-refractivity contribution < 1.29 is 23.1 Å². The molecule has 5 rings (SSSR count). The van der Waals surface area contributed by atoms with E-state index in [4.69, 9.17) is 27.1 Å². The fourth-order valence-electron chi connectivity index (χ4n) is 5.36. The number of hydrogen-bond acceptors (Lipinski definition) is 8. The van der Waals surface area contributed by atoms with Gasteiger partial charge in [-0.25, -0.2) is 23.5 Å². The largest absolute Gasteiger partial charge is 0.453 e. The first-order valence-corrected chi connectivity index (χ1v) is 13.2. The van der Waals surface area contributed by atoms with Crippen LogP contribution < -0.4 is 16.4 Å². The smallest absolute Gasteiger partial charge is 0.409 e. The summed E-state index contributed by atoms with van der Waals surface area (Å²) < 4.78 is 36.0. The Kier molecular flexibility index (Phi) is 7.69. The number of piperidine rings is 1. The number of benzene rings is 1. The number of methoxy groups -OCH3 is 1. The van der Waals surface area contributed by atoms with Crippen molar-refractivity contribution in [3.8, 4) is 0 Å². The van der Waals surface area contributed by atoms with Gasteiger partial charge in [-0.2, -0.15) is 4.98 Å². The van der Waals surface area contributed by atoms with Crippen LogP contribution in [0.2, 0.25) is 5.02 Å². The van der Waals surface area contributed by atoms with Gasteiger partial charge >= 0.3 is 6.09 Å². The third kappa shape index (κ3) is 5.68. The lowest BCUT2D eigenvalue weighted by atomic mass is 9.85. The topological polar surface area (TPSA) is 140 Å². The van der Waals surface area contributed by atoms with Crippen molar-refractivity contribution in [2.45, 2.75) is 50.6 Å². The molecule has 0 bridgehead atoms. The summed E-state index contributed by atoms with van der Waals surface area (Å²) in [5, 5.41) is 6.01. The number of amides is 2. The van der Waals surface area contributed by atoms with E-state index in [2.05, 4.69) is 20.6 Å². The molecule has 1 saturated carbocycles. The molecular weight excluding hydrogens is 534 g/mol. The maximum absolute atomic E-state index is 14.7. The van der Waals surface area contributed by atoms with Crippen molar-refractivity contribution >= 4 is 52.3 Å². The summed E-state index contributed by atoms with van der Waals surface area (Å²) in [5.41, 5.74) is 6.02. The minimum absolute atomic E-state index is 0.0658. The van der Waals surface area contributed by atoms with Crippen LogP contribution >= 0.6 is 11.6 Å². The number of aromatic nitrogens is 4. The predicted octanol–water partition coefficient (Wildman–Crippen LogP) is 4.36. The van der Waals surface area contributed by atoms with Gasteiger partial charge in [-0.15, -0.1) is 0 Å². The van der Waals surface area contributed by atoms with Crippen molar-refractivity contribution in [1.29, 1.82) is 0 Å². The van der Waals surface area contributed by atoms with Gasteiger partial charge in [-0.05, 0) is 50.7 Å². The molecule has 2 amide bonds. The Balaban J connectivity index is 1.48. The highest BCUT2D eigenvalue weighted by Gasteiger charge is 2.30. The predicted molar refractivity (Wildman–Crippen MR) is 141 cm³/mol. The van der Waals surface area contributed by atoms with Crippen LogP contribution in [-0.4, -0.2) is 62.7 Å². The van der Waals surface area contributed by atoms with Crippen LogP contribution in [0, 0.1) is 17.6 Å². The van der Waals surface area contributed by atoms with Gasteiger partial charge in [0.2, 0.25) is 17.8 Å². The minimum Gasteiger partial charge on any atom is -0.453 e. The second-order valence-corrected chi connectivity index (χ2v) is 10.3. The van der Waals surface area contributed by atoms with Crippen molar-refractivity contribution in [2.24, 2.45) is 11.7 Å². The summed E-state index contributed by atoms with van der Waals surface area (Å²) >= 11 is 5.79. The van der Waals surface area contributed by atoms with Crippen LogP contribution in [0.1, 0.15) is 44.6 Å². The molecule has 14 heteroatoms. The average molecular weight is 563 g/mol.